The largest absolute Gasteiger partial charge is 0.431 e. The van der Waals surface area contributed by atoms with Gasteiger partial charge in [0.1, 0.15) is 70.4 Å². The van der Waals surface area contributed by atoms with E-state index >= 15 is 0 Å². The van der Waals surface area contributed by atoms with Crippen molar-refractivity contribution in [2.24, 2.45) is 5.92 Å². The molecule has 1 fully saturated rings. The zero-order chi connectivity index (χ0) is 102. The number of aliphatic hydroxyl groups excluding tert-OH is 1. The molecule has 12 aromatic rings. The fraction of sp³-hybridized carbons (Fsp3) is 0.310. The lowest BCUT2D eigenvalue weighted by Gasteiger charge is -2.19. The van der Waals surface area contributed by atoms with E-state index in [-0.39, 0.29) is 218 Å². The van der Waals surface area contributed by atoms with Crippen LogP contribution in [0.15, 0.2) is 256 Å². The maximum absolute atomic E-state index is 13.8. The van der Waals surface area contributed by atoms with Crippen LogP contribution in [-0.2, 0) is 164 Å². The minimum absolute atomic E-state index is 0.00577. The van der Waals surface area contributed by atoms with E-state index in [0.717, 1.165) is 65.8 Å². The molecule has 49 nitrogen and oxygen atoms in total. The number of nitrogens with zero attached hydrogens (tertiary/aromatic N) is 12. The third-order valence-electron chi connectivity index (χ3n) is 20.6. The summed E-state index contributed by atoms with van der Waals surface area (Å²) < 4.78 is 174. The highest BCUT2D eigenvalue weighted by atomic mass is 79.9. The molecule has 0 radical (unpaired) electrons. The van der Waals surface area contributed by atoms with Crippen molar-refractivity contribution in [3.63, 3.8) is 0 Å². The number of allylic oxidation sites excluding steroid dienone is 2. The summed E-state index contributed by atoms with van der Waals surface area (Å²) in [5.41, 5.74) is 25.8. The number of nitrogens with two attached hydrogens (primary N) is 4. The van der Waals surface area contributed by atoms with Gasteiger partial charge in [0.25, 0.3) is 46.0 Å². The van der Waals surface area contributed by atoms with Gasteiger partial charge in [0.15, 0.2) is 79.2 Å². The molecular weight excluding hydrogens is 2230 g/mol. The smallest absolute Gasteiger partial charge is 0.356 e. The van der Waals surface area contributed by atoms with Crippen molar-refractivity contribution >= 4 is 163 Å². The number of nitrogen functional groups attached to an aromatic ring is 4. The van der Waals surface area contributed by atoms with E-state index in [9.17, 15) is 42.5 Å². The third-order valence-corrected chi connectivity index (χ3v) is 28.7. The van der Waals surface area contributed by atoms with Crippen molar-refractivity contribution in [3.05, 3.63) is 301 Å². The Morgan fingerprint density at radius 1 is 0.396 bits per heavy atom. The normalized spacial score (nSPS) is 15.8. The second-order valence-electron chi connectivity index (χ2n) is 31.2. The van der Waals surface area contributed by atoms with Gasteiger partial charge in [-0.3, -0.25) is 75.5 Å². The number of nitrogens with one attached hydrogen (secondary N) is 4. The number of benzene rings is 4. The van der Waals surface area contributed by atoms with Gasteiger partial charge in [0.05, 0.1) is 78.2 Å². The predicted octanol–water partition coefficient (Wildman–Crippen LogP) is 14.2. The first-order valence-electron chi connectivity index (χ1n) is 43.3. The monoisotopic (exact) mass is 2320 g/mol. The van der Waals surface area contributed by atoms with Gasteiger partial charge in [-0.15, -0.1) is 0 Å². The van der Waals surface area contributed by atoms with Gasteiger partial charge < -0.3 is 121 Å². The molecule has 17 rings (SSSR count). The number of aliphatic hydroxyl groups is 1. The number of aromatic nitrogens is 16. The minimum Gasteiger partial charge on any atom is -0.431 e. The Morgan fingerprint density at radius 2 is 0.694 bits per heavy atom. The number of hydrogen-bond acceptors (Lipinski definition) is 41. The standard InChI is InChI=1S/C25H29BrN5O7P.C21H23BrN5O8P.C21H23BrN5O7P.C20H21BrN5O7P/c1-16-37-20(22(38-16)18-6-2-3-7-18)13-36-39(33,35-12-17-5-4-8-19(26)11-17)15-34-10-9-31-14-28-21-23(31)29-25(27)30-24(21)32;1-13-34-16(8-28)17(35-13)10-33-36(30,32-9-14-3-2-4-15(22)7-14)12-31-6-5-27-11-24-18-19(27)25-21(23)26-20(18)29;1-13-17(34-14(2)33-13)10-32-35(29,31-9-15-4-3-5-16(22)8-15)12-30-7-6-27-11-24-18-19(27)25-21(23)26-20(18)28;1-13-30-9-16(33-13)10-32-34(28,31-8-14-3-2-4-15(21)7-14)12-29-6-5-26-11-23-17-18(26)24-20(22)25-19(17)27/h4-5,8,11,14,18H,1-3,6-7,9-10,12-13,15H2,(H3,27,29,30,32);2-4,7,11,28H,1,5-6,8-10,12H2,(H3,23,25,26,29);3-5,8,11H,2,6-7,9-10,12H2,1H3,(H3,23,25,26,28);2-4,7,9,11H,1,5-6,8,10,12H2,(H3,22,24,25,27). The van der Waals surface area contributed by atoms with Crippen molar-refractivity contribution in [1.82, 2.24) is 78.1 Å². The summed E-state index contributed by atoms with van der Waals surface area (Å²) >= 11 is 13.6. The fourth-order valence-electron chi connectivity index (χ4n) is 13.8. The van der Waals surface area contributed by atoms with Crippen molar-refractivity contribution < 1.29 is 116 Å². The molecule has 8 aromatic heterocycles. The third kappa shape index (κ3) is 30.6. The Labute approximate surface area is 850 Å². The first kappa shape index (κ1) is 108. The van der Waals surface area contributed by atoms with Crippen LogP contribution in [-0.4, -0.2) is 168 Å². The lowest BCUT2D eigenvalue weighted by molar-refractivity contribution is 0.114. The maximum Gasteiger partial charge on any atom is 0.356 e. The number of hydrogen-bond donors (Lipinski definition) is 9. The van der Waals surface area contributed by atoms with Crippen molar-refractivity contribution in [1.29, 1.82) is 0 Å². The van der Waals surface area contributed by atoms with Crippen LogP contribution >= 0.6 is 94.1 Å². The Morgan fingerprint density at radius 3 is 1.01 bits per heavy atom. The van der Waals surface area contributed by atoms with Crippen LogP contribution in [0.3, 0.4) is 0 Å². The molecule has 0 spiro atoms. The van der Waals surface area contributed by atoms with Crippen LogP contribution in [0.25, 0.3) is 44.7 Å². The van der Waals surface area contributed by atoms with Crippen molar-refractivity contribution in [3.8, 4) is 0 Å². The van der Waals surface area contributed by atoms with E-state index in [1.165, 1.54) is 31.6 Å². The number of imidazole rings is 4. The van der Waals surface area contributed by atoms with Crippen LogP contribution in [0.2, 0.25) is 0 Å². The fourth-order valence-corrected chi connectivity index (χ4v) is 20.5. The molecule has 5 aliphatic rings. The average molecular weight is 2330 g/mol. The maximum atomic E-state index is 13.8. The zero-order valence-electron chi connectivity index (χ0n) is 76.6. The number of aromatic amines is 4. The average Bonchev–Trinajstić information content (AvgIpc) is 1.66. The van der Waals surface area contributed by atoms with Crippen LogP contribution in [0.4, 0.5) is 23.8 Å². The summed E-state index contributed by atoms with van der Waals surface area (Å²) in [5, 5.41) is 9.40. The molecule has 4 aromatic carbocycles. The number of ether oxygens (including phenoxy) is 12. The van der Waals surface area contributed by atoms with E-state index in [2.05, 4.69) is 150 Å². The SMILES string of the molecule is C=C1OC(C)=C(COP(=O)(COCCn2cnc3c(=O)[nH]c(N)nc32)OCc2cccc(Br)c2)O1.C=C1OC(CO)=C(COP(=O)(COCCn2cnc3c(=O)[nH]c(N)nc32)OCc2cccc(Br)c2)O1.C=C1OC(COP(=O)(COCCn2cnc3c(=O)[nH]c(N)nc32)OCc2cccc(Br)c2)=C(C2CCCC2)O1.C=C1OC=C(COP(=O)(COCCn2cnc3c(=O)[nH]c(N)nc32)OCc2cccc(Br)c2)O1. The summed E-state index contributed by atoms with van der Waals surface area (Å²) in [7, 11) is -15.0. The highest BCUT2D eigenvalue weighted by Gasteiger charge is 2.37. The Kier molecular flexibility index (Phi) is 37.7. The molecule has 0 bridgehead atoms. The molecule has 0 amide bonds. The number of halogens is 4. The van der Waals surface area contributed by atoms with Gasteiger partial charge in [-0.2, -0.15) is 19.9 Å². The molecule has 0 saturated heterocycles. The van der Waals surface area contributed by atoms with Crippen molar-refractivity contribution in [2.75, 3.05) is 108 Å². The number of anilines is 4. The highest BCUT2D eigenvalue weighted by Crippen LogP contribution is 2.54. The Hall–Kier alpha value is -11.9. The van der Waals surface area contributed by atoms with Crippen LogP contribution < -0.4 is 45.2 Å². The van der Waals surface area contributed by atoms with E-state index in [0.29, 0.717) is 51.4 Å². The van der Waals surface area contributed by atoms with Crippen LogP contribution in [0.5, 0.6) is 0 Å². The summed E-state index contributed by atoms with van der Waals surface area (Å²) in [4.78, 5) is 89.9. The summed E-state index contributed by atoms with van der Waals surface area (Å²) in [5.74, 6) is 2.98. The van der Waals surface area contributed by atoms with E-state index in [1.54, 1.807) is 25.2 Å². The Balaban J connectivity index is 0.000000152. The van der Waals surface area contributed by atoms with E-state index in [4.69, 9.17) is 116 Å². The molecule has 13 N–H and O–H groups in total. The molecule has 144 heavy (non-hydrogen) atoms. The van der Waals surface area contributed by atoms with Gasteiger partial charge in [-0.1, -0.05) is 125 Å². The highest BCUT2D eigenvalue weighted by molar-refractivity contribution is 9.11. The van der Waals surface area contributed by atoms with E-state index in [1.807, 2.05) is 97.1 Å². The number of H-pyrrole nitrogens is 4. The molecular formula is C87H96Br4N20O29P4. The summed E-state index contributed by atoms with van der Waals surface area (Å²) in [6.45, 7) is 16.6. The van der Waals surface area contributed by atoms with Gasteiger partial charge in [-0.25, -0.2) is 19.9 Å². The van der Waals surface area contributed by atoms with Gasteiger partial charge in [0, 0.05) is 50.0 Å². The quantitative estimate of drug-likeness (QED) is 0.0126. The second-order valence-corrected chi connectivity index (χ2v) is 42.9. The topological polar surface area (TPSA) is 631 Å². The first-order chi connectivity index (χ1) is 69.1. The molecule has 57 heteroatoms. The lowest BCUT2D eigenvalue weighted by Crippen LogP contribution is -2.14. The molecule has 4 unspecified atom stereocenters. The van der Waals surface area contributed by atoms with Gasteiger partial charge in [0.2, 0.25) is 23.8 Å². The lowest BCUT2D eigenvalue weighted by atomic mass is 10.1. The van der Waals surface area contributed by atoms with Crippen molar-refractivity contribution in [2.45, 2.75) is 85.2 Å². The van der Waals surface area contributed by atoms with Crippen LogP contribution in [0, 0.1) is 5.92 Å². The minimum atomic E-state index is -3.81. The van der Waals surface area contributed by atoms with Gasteiger partial charge >= 0.3 is 30.4 Å². The first-order valence-corrected chi connectivity index (χ1v) is 53.4. The van der Waals surface area contributed by atoms with Crippen LogP contribution in [0.1, 0.15) is 54.9 Å². The predicted molar refractivity (Wildman–Crippen MR) is 533 cm³/mol. The van der Waals surface area contributed by atoms with Gasteiger partial charge in [-0.05, 0) is 117 Å². The number of rotatable bonds is 46. The molecule has 12 heterocycles. The molecule has 1 saturated carbocycles. The zero-order valence-corrected chi connectivity index (χ0v) is 86.5. The molecule has 4 aliphatic heterocycles. The molecule has 766 valence electrons. The second kappa shape index (κ2) is 50.3. The summed E-state index contributed by atoms with van der Waals surface area (Å²) in [6.07, 6.45) is 10.00. The molecule has 4 atom stereocenters. The summed E-state index contributed by atoms with van der Waals surface area (Å²) in [6, 6.07) is 29.6. The molecule has 1 aliphatic carbocycles. The number of fused-ring (bicyclic) bond motifs is 4. The van der Waals surface area contributed by atoms with E-state index < -0.39 is 59.2 Å². The Bertz CT molecular complexity index is 7320.